The third-order valence-electron chi connectivity index (χ3n) is 3.30. The Morgan fingerprint density at radius 3 is 2.50 bits per heavy atom. The summed E-state index contributed by atoms with van der Waals surface area (Å²) < 4.78 is 0. The van der Waals surface area contributed by atoms with Gasteiger partial charge < -0.3 is 20.8 Å². The molecule has 5 nitrogen and oxygen atoms in total. The van der Waals surface area contributed by atoms with Crippen LogP contribution in [0.15, 0.2) is 18.2 Å². The molecule has 22 heavy (non-hydrogen) atoms. The third-order valence-corrected chi connectivity index (χ3v) is 3.55. The fourth-order valence-electron chi connectivity index (χ4n) is 2.07. The van der Waals surface area contributed by atoms with E-state index < -0.39 is 5.97 Å². The van der Waals surface area contributed by atoms with Crippen LogP contribution in [0.25, 0.3) is 0 Å². The molecular formula is C16H24N2O3S. The van der Waals surface area contributed by atoms with Crippen molar-refractivity contribution in [1.82, 2.24) is 5.32 Å². The van der Waals surface area contributed by atoms with Crippen LogP contribution in [-0.4, -0.2) is 27.8 Å². The third kappa shape index (κ3) is 6.76. The van der Waals surface area contributed by atoms with Crippen molar-refractivity contribution in [2.24, 2.45) is 0 Å². The second-order valence-corrected chi connectivity index (χ2v) is 5.59. The SMILES string of the molecule is CCCCCCCCNC(=S)Nc1ccc(C(=O)O)c(O)c1. The predicted octanol–water partition coefficient (Wildman–Crippen LogP) is 3.74. The zero-order chi connectivity index (χ0) is 16.4. The van der Waals surface area contributed by atoms with Gasteiger partial charge in [0.05, 0.1) is 0 Å². The minimum Gasteiger partial charge on any atom is -0.507 e. The number of rotatable bonds is 9. The van der Waals surface area contributed by atoms with Gasteiger partial charge in [-0.15, -0.1) is 0 Å². The molecule has 0 aliphatic rings. The van der Waals surface area contributed by atoms with Gasteiger partial charge in [0.1, 0.15) is 11.3 Å². The Bertz CT molecular complexity index is 506. The maximum Gasteiger partial charge on any atom is 0.339 e. The largest absolute Gasteiger partial charge is 0.507 e. The zero-order valence-electron chi connectivity index (χ0n) is 12.9. The van der Waals surface area contributed by atoms with Gasteiger partial charge >= 0.3 is 5.97 Å². The van der Waals surface area contributed by atoms with Crippen molar-refractivity contribution in [2.45, 2.75) is 45.4 Å². The number of carboxylic acids is 1. The first kappa shape index (κ1) is 18.2. The average molecular weight is 324 g/mol. The van der Waals surface area contributed by atoms with Crippen LogP contribution < -0.4 is 10.6 Å². The van der Waals surface area contributed by atoms with Gasteiger partial charge in [-0.1, -0.05) is 39.0 Å². The fraction of sp³-hybridized carbons (Fsp3) is 0.500. The van der Waals surface area contributed by atoms with Gasteiger partial charge in [0.2, 0.25) is 0 Å². The van der Waals surface area contributed by atoms with E-state index in [4.69, 9.17) is 17.3 Å². The lowest BCUT2D eigenvalue weighted by molar-refractivity contribution is 0.0694. The van der Waals surface area contributed by atoms with Crippen LogP contribution in [0.2, 0.25) is 0 Å². The van der Waals surface area contributed by atoms with E-state index in [0.717, 1.165) is 13.0 Å². The maximum atomic E-state index is 10.8. The first-order valence-electron chi connectivity index (χ1n) is 7.65. The quantitative estimate of drug-likeness (QED) is 0.409. The lowest BCUT2D eigenvalue weighted by Gasteiger charge is -2.11. The molecule has 1 aromatic rings. The average Bonchev–Trinajstić information content (AvgIpc) is 2.46. The molecule has 6 heteroatoms. The molecule has 0 aromatic heterocycles. The molecule has 122 valence electrons. The van der Waals surface area contributed by atoms with Gasteiger partial charge in [-0.25, -0.2) is 4.79 Å². The van der Waals surface area contributed by atoms with Crippen molar-refractivity contribution in [2.75, 3.05) is 11.9 Å². The van der Waals surface area contributed by atoms with Crippen molar-refractivity contribution < 1.29 is 15.0 Å². The van der Waals surface area contributed by atoms with E-state index in [9.17, 15) is 9.90 Å². The van der Waals surface area contributed by atoms with Gasteiger partial charge in [0, 0.05) is 18.3 Å². The molecular weight excluding hydrogens is 300 g/mol. The maximum absolute atomic E-state index is 10.8. The summed E-state index contributed by atoms with van der Waals surface area (Å²) in [6.45, 7) is 3.00. The Kier molecular flexibility index (Phi) is 8.28. The second kappa shape index (κ2) is 10.00. The van der Waals surface area contributed by atoms with Crippen molar-refractivity contribution >= 4 is 29.0 Å². The number of carbonyl (C=O) groups is 1. The lowest BCUT2D eigenvalue weighted by atomic mass is 10.1. The normalized spacial score (nSPS) is 10.2. The number of unbranched alkanes of at least 4 members (excludes halogenated alkanes) is 5. The fourth-order valence-corrected chi connectivity index (χ4v) is 2.29. The monoisotopic (exact) mass is 324 g/mol. The van der Waals surface area contributed by atoms with Crippen LogP contribution in [-0.2, 0) is 0 Å². The Morgan fingerprint density at radius 1 is 1.18 bits per heavy atom. The summed E-state index contributed by atoms with van der Waals surface area (Å²) in [5, 5.41) is 24.9. The minimum atomic E-state index is -1.16. The highest BCUT2D eigenvalue weighted by Crippen LogP contribution is 2.21. The molecule has 1 aromatic carbocycles. The number of thiocarbonyl (C=S) groups is 1. The highest BCUT2D eigenvalue weighted by molar-refractivity contribution is 7.80. The molecule has 0 atom stereocenters. The van der Waals surface area contributed by atoms with E-state index in [2.05, 4.69) is 17.6 Å². The Labute approximate surface area is 136 Å². The number of carboxylic acid groups (broad SMARTS) is 1. The molecule has 0 bridgehead atoms. The summed E-state index contributed by atoms with van der Waals surface area (Å²) in [5.74, 6) is -1.44. The van der Waals surface area contributed by atoms with Crippen molar-refractivity contribution in [1.29, 1.82) is 0 Å². The number of nitrogens with one attached hydrogen (secondary N) is 2. The number of hydrogen-bond acceptors (Lipinski definition) is 3. The second-order valence-electron chi connectivity index (χ2n) is 5.19. The molecule has 0 fully saturated rings. The van der Waals surface area contributed by atoms with Crippen LogP contribution in [0.3, 0.4) is 0 Å². The first-order valence-corrected chi connectivity index (χ1v) is 8.06. The van der Waals surface area contributed by atoms with E-state index in [-0.39, 0.29) is 11.3 Å². The molecule has 0 unspecified atom stereocenters. The van der Waals surface area contributed by atoms with Crippen LogP contribution in [0, 0.1) is 0 Å². The Balaban J connectivity index is 2.28. The topological polar surface area (TPSA) is 81.6 Å². The number of aromatic hydroxyl groups is 1. The predicted molar refractivity (Wildman–Crippen MR) is 92.7 cm³/mol. The van der Waals surface area contributed by atoms with E-state index in [1.165, 1.54) is 44.2 Å². The van der Waals surface area contributed by atoms with Crippen LogP contribution >= 0.6 is 12.2 Å². The number of aromatic carboxylic acids is 1. The number of hydrogen-bond donors (Lipinski definition) is 4. The van der Waals surface area contributed by atoms with Gasteiger partial charge in [-0.05, 0) is 30.8 Å². The van der Waals surface area contributed by atoms with E-state index in [0.29, 0.717) is 10.8 Å². The summed E-state index contributed by atoms with van der Waals surface area (Å²) >= 11 is 5.16. The van der Waals surface area contributed by atoms with E-state index in [1.54, 1.807) is 6.07 Å². The molecule has 0 amide bonds. The number of benzene rings is 1. The Morgan fingerprint density at radius 2 is 1.86 bits per heavy atom. The van der Waals surface area contributed by atoms with Gasteiger partial charge in [-0.2, -0.15) is 0 Å². The van der Waals surface area contributed by atoms with E-state index in [1.807, 2.05) is 0 Å². The van der Waals surface area contributed by atoms with Gasteiger partial charge in [0.25, 0.3) is 0 Å². The van der Waals surface area contributed by atoms with Crippen molar-refractivity contribution in [3.05, 3.63) is 23.8 Å². The number of anilines is 1. The lowest BCUT2D eigenvalue weighted by Crippen LogP contribution is -2.29. The van der Waals surface area contributed by atoms with Crippen molar-refractivity contribution in [3.63, 3.8) is 0 Å². The molecule has 1 rings (SSSR count). The summed E-state index contributed by atoms with van der Waals surface area (Å²) in [4.78, 5) is 10.8. The minimum absolute atomic E-state index is 0.128. The molecule has 0 saturated carbocycles. The highest BCUT2D eigenvalue weighted by atomic mass is 32.1. The first-order chi connectivity index (χ1) is 10.5. The van der Waals surface area contributed by atoms with Crippen LogP contribution in [0.4, 0.5) is 5.69 Å². The van der Waals surface area contributed by atoms with E-state index >= 15 is 0 Å². The summed E-state index contributed by atoms with van der Waals surface area (Å²) in [6, 6.07) is 4.26. The summed E-state index contributed by atoms with van der Waals surface area (Å²) in [5.41, 5.74) is 0.430. The smallest absolute Gasteiger partial charge is 0.339 e. The molecule has 0 aliphatic carbocycles. The summed E-state index contributed by atoms with van der Waals surface area (Å²) in [6.07, 6.45) is 7.33. The zero-order valence-corrected chi connectivity index (χ0v) is 13.7. The Hall–Kier alpha value is -1.82. The van der Waals surface area contributed by atoms with Gasteiger partial charge in [0.15, 0.2) is 5.11 Å². The standard InChI is InChI=1S/C16H24N2O3S/c1-2-3-4-5-6-7-10-17-16(22)18-12-8-9-13(15(20)21)14(19)11-12/h8-9,11,19H,2-7,10H2,1H3,(H,20,21)(H2,17,18,22). The van der Waals surface area contributed by atoms with Crippen molar-refractivity contribution in [3.8, 4) is 5.75 Å². The molecule has 0 heterocycles. The summed E-state index contributed by atoms with van der Waals surface area (Å²) in [7, 11) is 0. The molecule has 0 saturated heterocycles. The molecule has 0 aliphatic heterocycles. The molecule has 4 N–H and O–H groups in total. The highest BCUT2D eigenvalue weighted by Gasteiger charge is 2.09. The van der Waals surface area contributed by atoms with Crippen LogP contribution in [0.5, 0.6) is 5.75 Å². The van der Waals surface area contributed by atoms with Gasteiger partial charge in [-0.3, -0.25) is 0 Å². The number of phenols is 1. The molecule has 0 spiro atoms. The molecule has 0 radical (unpaired) electrons. The van der Waals surface area contributed by atoms with Crippen LogP contribution in [0.1, 0.15) is 55.8 Å².